The zero-order valence-electron chi connectivity index (χ0n) is 8.37. The van der Waals surface area contributed by atoms with E-state index in [1.807, 2.05) is 17.8 Å². The summed E-state index contributed by atoms with van der Waals surface area (Å²) in [6.45, 7) is 0. The predicted octanol–water partition coefficient (Wildman–Crippen LogP) is 2.62. The number of nitrogens with one attached hydrogen (secondary N) is 1. The number of nitrogens with zero attached hydrogens (tertiary/aromatic N) is 1. The molecule has 0 bridgehead atoms. The molecule has 1 aliphatic heterocycles. The van der Waals surface area contributed by atoms with E-state index in [2.05, 4.69) is 10.3 Å². The van der Waals surface area contributed by atoms with Crippen LogP contribution in [0.1, 0.15) is 12.8 Å². The van der Waals surface area contributed by atoms with E-state index in [4.69, 9.17) is 17.3 Å². The molecule has 1 aromatic rings. The number of thioether (sulfide) groups is 1. The molecule has 0 amide bonds. The quantitative estimate of drug-likeness (QED) is 0.785. The second-order valence-corrected chi connectivity index (χ2v) is 5.20. The molecule has 15 heavy (non-hydrogen) atoms. The van der Waals surface area contributed by atoms with Gasteiger partial charge in [0, 0.05) is 23.5 Å². The van der Waals surface area contributed by atoms with Crippen LogP contribution in [0.25, 0.3) is 0 Å². The summed E-state index contributed by atoms with van der Waals surface area (Å²) < 4.78 is 0. The molecule has 1 aromatic heterocycles. The van der Waals surface area contributed by atoms with Crippen LogP contribution in [-0.4, -0.2) is 22.5 Å². The van der Waals surface area contributed by atoms with Gasteiger partial charge in [0.2, 0.25) is 0 Å². The smallest absolute Gasteiger partial charge is 0.133 e. The Morgan fingerprint density at radius 1 is 1.53 bits per heavy atom. The lowest BCUT2D eigenvalue weighted by atomic mass is 10.2. The first-order valence-corrected chi connectivity index (χ1v) is 6.54. The molecule has 1 aliphatic rings. The number of anilines is 2. The van der Waals surface area contributed by atoms with Crippen LogP contribution in [0.4, 0.5) is 11.5 Å². The molecule has 0 radical (unpaired) electrons. The van der Waals surface area contributed by atoms with Crippen LogP contribution < -0.4 is 11.1 Å². The average molecular weight is 244 g/mol. The van der Waals surface area contributed by atoms with E-state index in [1.165, 1.54) is 18.6 Å². The summed E-state index contributed by atoms with van der Waals surface area (Å²) in [6.07, 6.45) is 2.46. The molecule has 0 saturated carbocycles. The zero-order valence-corrected chi connectivity index (χ0v) is 9.94. The van der Waals surface area contributed by atoms with Gasteiger partial charge in [-0.1, -0.05) is 11.6 Å². The molecule has 1 atom stereocenters. The molecule has 5 heteroatoms. The molecule has 1 saturated heterocycles. The van der Waals surface area contributed by atoms with Crippen molar-refractivity contribution in [1.29, 1.82) is 0 Å². The van der Waals surface area contributed by atoms with Gasteiger partial charge in [0.1, 0.15) is 11.0 Å². The average Bonchev–Trinajstić information content (AvgIpc) is 2.17. The van der Waals surface area contributed by atoms with Gasteiger partial charge < -0.3 is 11.1 Å². The standard InChI is InChI=1S/C10H14ClN3S/c11-9-4-7(12)5-10(14-9)13-8-2-1-3-15-6-8/h4-5,8H,1-3,6H2,(H3,12,13,14). The molecule has 3 N–H and O–H groups in total. The minimum Gasteiger partial charge on any atom is -0.399 e. The molecule has 1 unspecified atom stereocenters. The van der Waals surface area contributed by atoms with Crippen molar-refractivity contribution in [1.82, 2.24) is 4.98 Å². The predicted molar refractivity (Wildman–Crippen MR) is 67.6 cm³/mol. The number of nitrogens with two attached hydrogens (primary N) is 1. The highest BCUT2D eigenvalue weighted by molar-refractivity contribution is 7.99. The lowest BCUT2D eigenvalue weighted by Crippen LogP contribution is -2.26. The first-order valence-electron chi connectivity index (χ1n) is 5.01. The van der Waals surface area contributed by atoms with E-state index in [0.717, 1.165) is 11.6 Å². The third-order valence-electron chi connectivity index (χ3n) is 2.33. The second kappa shape index (κ2) is 4.94. The number of aromatic nitrogens is 1. The first kappa shape index (κ1) is 10.9. The number of rotatable bonds is 2. The highest BCUT2D eigenvalue weighted by Gasteiger charge is 2.13. The van der Waals surface area contributed by atoms with E-state index in [9.17, 15) is 0 Å². The van der Waals surface area contributed by atoms with Gasteiger partial charge in [-0.3, -0.25) is 0 Å². The van der Waals surface area contributed by atoms with Crippen molar-refractivity contribution in [3.63, 3.8) is 0 Å². The summed E-state index contributed by atoms with van der Waals surface area (Å²) in [5.41, 5.74) is 6.35. The van der Waals surface area contributed by atoms with Crippen LogP contribution in [0.3, 0.4) is 0 Å². The van der Waals surface area contributed by atoms with Gasteiger partial charge in [-0.2, -0.15) is 11.8 Å². The van der Waals surface area contributed by atoms with Gasteiger partial charge >= 0.3 is 0 Å². The molecule has 0 aromatic carbocycles. The van der Waals surface area contributed by atoms with Gasteiger partial charge in [0.25, 0.3) is 0 Å². The Kier molecular flexibility index (Phi) is 3.59. The summed E-state index contributed by atoms with van der Waals surface area (Å²) in [7, 11) is 0. The van der Waals surface area contributed by atoms with Gasteiger partial charge in [0.15, 0.2) is 0 Å². The van der Waals surface area contributed by atoms with Gasteiger partial charge in [-0.15, -0.1) is 0 Å². The minimum atomic E-state index is 0.445. The normalized spacial score (nSPS) is 21.3. The molecule has 2 rings (SSSR count). The van der Waals surface area contributed by atoms with Crippen LogP contribution >= 0.6 is 23.4 Å². The van der Waals surface area contributed by atoms with Gasteiger partial charge in [0.05, 0.1) is 0 Å². The van der Waals surface area contributed by atoms with Crippen LogP contribution in [0, 0.1) is 0 Å². The second-order valence-electron chi connectivity index (χ2n) is 3.67. The maximum Gasteiger partial charge on any atom is 0.133 e. The fourth-order valence-corrected chi connectivity index (χ4v) is 2.94. The number of pyridine rings is 1. The maximum absolute atomic E-state index is 5.83. The van der Waals surface area contributed by atoms with E-state index in [0.29, 0.717) is 16.9 Å². The largest absolute Gasteiger partial charge is 0.399 e. The molecule has 3 nitrogen and oxygen atoms in total. The van der Waals surface area contributed by atoms with Gasteiger partial charge in [-0.05, 0) is 24.7 Å². The Hall–Kier alpha value is -0.610. The molecular formula is C10H14ClN3S. The Labute approximate surface area is 98.8 Å². The van der Waals surface area contributed by atoms with Crippen LogP contribution in [-0.2, 0) is 0 Å². The number of hydrogen-bond acceptors (Lipinski definition) is 4. The SMILES string of the molecule is Nc1cc(Cl)nc(NC2CCCSC2)c1. The highest BCUT2D eigenvalue weighted by atomic mass is 35.5. The van der Waals surface area contributed by atoms with Crippen molar-refractivity contribution in [2.45, 2.75) is 18.9 Å². The molecule has 1 fully saturated rings. The first-order chi connectivity index (χ1) is 7.24. The monoisotopic (exact) mass is 243 g/mol. The Morgan fingerprint density at radius 2 is 2.40 bits per heavy atom. The molecule has 82 valence electrons. The summed E-state index contributed by atoms with van der Waals surface area (Å²) >= 11 is 7.81. The number of nitrogen functional groups attached to an aromatic ring is 1. The topological polar surface area (TPSA) is 50.9 Å². The fraction of sp³-hybridized carbons (Fsp3) is 0.500. The van der Waals surface area contributed by atoms with Crippen molar-refractivity contribution < 1.29 is 0 Å². The Bertz CT molecular complexity index is 319. The third-order valence-corrected chi connectivity index (χ3v) is 3.74. The zero-order chi connectivity index (χ0) is 10.7. The Morgan fingerprint density at radius 3 is 3.07 bits per heavy atom. The molecule has 0 spiro atoms. The highest BCUT2D eigenvalue weighted by Crippen LogP contribution is 2.22. The van der Waals surface area contributed by atoms with E-state index in [-0.39, 0.29) is 0 Å². The van der Waals surface area contributed by atoms with Crippen molar-refractivity contribution in [2.75, 3.05) is 22.6 Å². The number of hydrogen-bond donors (Lipinski definition) is 2. The molecular weight excluding hydrogens is 230 g/mol. The number of halogens is 1. The summed E-state index contributed by atoms with van der Waals surface area (Å²) in [6, 6.07) is 3.97. The van der Waals surface area contributed by atoms with E-state index < -0.39 is 0 Å². The summed E-state index contributed by atoms with van der Waals surface area (Å²) in [4.78, 5) is 4.19. The minimum absolute atomic E-state index is 0.445. The summed E-state index contributed by atoms with van der Waals surface area (Å²) in [5.74, 6) is 3.18. The fourth-order valence-electron chi connectivity index (χ4n) is 1.65. The van der Waals surface area contributed by atoms with Crippen molar-refractivity contribution in [2.24, 2.45) is 0 Å². The lowest BCUT2D eigenvalue weighted by Gasteiger charge is -2.23. The van der Waals surface area contributed by atoms with Gasteiger partial charge in [-0.25, -0.2) is 4.98 Å². The van der Waals surface area contributed by atoms with Crippen LogP contribution in [0.5, 0.6) is 0 Å². The van der Waals surface area contributed by atoms with Crippen molar-refractivity contribution in [3.8, 4) is 0 Å². The molecule has 0 aliphatic carbocycles. The van der Waals surface area contributed by atoms with Crippen molar-refractivity contribution in [3.05, 3.63) is 17.3 Å². The summed E-state index contributed by atoms with van der Waals surface area (Å²) in [5, 5.41) is 3.81. The van der Waals surface area contributed by atoms with Crippen molar-refractivity contribution >= 4 is 34.9 Å². The van der Waals surface area contributed by atoms with E-state index in [1.54, 1.807) is 6.07 Å². The Balaban J connectivity index is 2.02. The van der Waals surface area contributed by atoms with Crippen LogP contribution in [0.2, 0.25) is 5.15 Å². The maximum atomic E-state index is 5.83. The molecule has 2 heterocycles. The van der Waals surface area contributed by atoms with Crippen LogP contribution in [0.15, 0.2) is 12.1 Å². The third kappa shape index (κ3) is 3.18. The van der Waals surface area contributed by atoms with E-state index >= 15 is 0 Å². The lowest BCUT2D eigenvalue weighted by molar-refractivity contribution is 0.682.